The molecule has 0 aromatic rings. The lowest BCUT2D eigenvalue weighted by atomic mass is 10.2. The van der Waals surface area contributed by atoms with Gasteiger partial charge in [0.2, 0.25) is 11.6 Å². The van der Waals surface area contributed by atoms with Crippen LogP contribution in [0.25, 0.3) is 0 Å². The van der Waals surface area contributed by atoms with Crippen molar-refractivity contribution in [2.75, 3.05) is 65.3 Å². The number of esters is 4. The number of carbonyl (C=O) groups excluding carboxylic acids is 6. The van der Waals surface area contributed by atoms with Gasteiger partial charge in [0.25, 0.3) is 0 Å². The molecule has 3 N–H and O–H groups in total. The van der Waals surface area contributed by atoms with Crippen LogP contribution >= 0.6 is 11.6 Å². The van der Waals surface area contributed by atoms with E-state index in [4.69, 9.17) is 40.4 Å². The number of ether oxygens (including phenoxy) is 7. The highest BCUT2D eigenvalue weighted by Crippen LogP contribution is 2.23. The van der Waals surface area contributed by atoms with E-state index in [1.54, 1.807) is 6.92 Å². The third-order valence-corrected chi connectivity index (χ3v) is 4.76. The molecule has 1 fully saturated rings. The van der Waals surface area contributed by atoms with Crippen LogP contribution in [0.4, 0.5) is 0 Å². The van der Waals surface area contributed by atoms with Crippen LogP contribution in [0.15, 0.2) is 48.6 Å². The summed E-state index contributed by atoms with van der Waals surface area (Å²) in [5, 5.41) is 28.2. The van der Waals surface area contributed by atoms with Crippen molar-refractivity contribution in [3.05, 3.63) is 48.6 Å². The zero-order valence-corrected chi connectivity index (χ0v) is 29.7. The second kappa shape index (κ2) is 27.1. The summed E-state index contributed by atoms with van der Waals surface area (Å²) < 4.78 is 33.5. The monoisotopic (exact) mass is 724 g/mol. The van der Waals surface area contributed by atoms with Crippen LogP contribution in [0.5, 0.6) is 0 Å². The van der Waals surface area contributed by atoms with E-state index in [1.165, 1.54) is 27.7 Å². The van der Waals surface area contributed by atoms with E-state index in [0.717, 1.165) is 5.88 Å². The summed E-state index contributed by atoms with van der Waals surface area (Å²) in [6, 6.07) is 0. The zero-order valence-electron chi connectivity index (χ0n) is 28.9. The van der Waals surface area contributed by atoms with E-state index >= 15 is 0 Å². The molecule has 17 heteroatoms. The maximum Gasteiger partial charge on any atom is 0.333 e. The van der Waals surface area contributed by atoms with Crippen molar-refractivity contribution in [2.24, 2.45) is 0 Å². The summed E-state index contributed by atoms with van der Waals surface area (Å²) in [5.41, 5.74) is 0.854. The number of alkyl halides is 1. The molecule has 0 bridgehead atoms. The van der Waals surface area contributed by atoms with E-state index in [-0.39, 0.29) is 47.9 Å². The SMILES string of the molecule is C=C(C)C(=O)OCC(=O)CO.C=C(C)C(=O)OCC(=O)COCC.C=C(C)C(=O)OCC1(O)COC(O)(COC(=O)C(=C)C)CO1.CCCl. The number of rotatable bonds is 16. The quantitative estimate of drug-likeness (QED) is 0.0881. The highest BCUT2D eigenvalue weighted by atomic mass is 35.5. The van der Waals surface area contributed by atoms with Gasteiger partial charge in [-0.1, -0.05) is 33.2 Å². The fourth-order valence-electron chi connectivity index (χ4n) is 2.19. The first-order chi connectivity index (χ1) is 22.6. The largest absolute Gasteiger partial charge is 0.457 e. The van der Waals surface area contributed by atoms with E-state index in [0.29, 0.717) is 6.61 Å². The van der Waals surface area contributed by atoms with Crippen LogP contribution in [0.1, 0.15) is 41.5 Å². The van der Waals surface area contributed by atoms with Gasteiger partial charge in [-0.2, -0.15) is 0 Å². The second-order valence-corrected chi connectivity index (χ2v) is 10.6. The predicted molar refractivity (Wildman–Crippen MR) is 175 cm³/mol. The van der Waals surface area contributed by atoms with Crippen molar-refractivity contribution in [3.63, 3.8) is 0 Å². The van der Waals surface area contributed by atoms with Gasteiger partial charge >= 0.3 is 23.9 Å². The molecule has 49 heavy (non-hydrogen) atoms. The number of hydrogen-bond acceptors (Lipinski definition) is 16. The lowest BCUT2D eigenvalue weighted by molar-refractivity contribution is -0.377. The van der Waals surface area contributed by atoms with Crippen LogP contribution in [0.2, 0.25) is 0 Å². The number of halogens is 1. The van der Waals surface area contributed by atoms with Gasteiger partial charge < -0.3 is 48.5 Å². The van der Waals surface area contributed by atoms with Crippen LogP contribution in [0, 0.1) is 0 Å². The fraction of sp³-hybridized carbons (Fsp3) is 0.562. The number of hydrogen-bond donors (Lipinski definition) is 3. The number of aliphatic hydroxyl groups is 3. The molecular weight excluding hydrogens is 676 g/mol. The van der Waals surface area contributed by atoms with Crippen molar-refractivity contribution in [1.29, 1.82) is 0 Å². The Kier molecular flexibility index (Phi) is 27.4. The molecule has 1 rings (SSSR count). The van der Waals surface area contributed by atoms with E-state index in [9.17, 15) is 39.0 Å². The van der Waals surface area contributed by atoms with E-state index < -0.39 is 74.3 Å². The number of Topliss-reactive ketones (excluding diaryl/α,β-unsaturated/α-hetero) is 2. The molecule has 2 atom stereocenters. The van der Waals surface area contributed by atoms with Gasteiger partial charge in [-0.3, -0.25) is 9.59 Å². The van der Waals surface area contributed by atoms with Gasteiger partial charge in [-0.05, 0) is 34.6 Å². The van der Waals surface area contributed by atoms with Gasteiger partial charge in [0, 0.05) is 34.8 Å². The second-order valence-electron chi connectivity index (χ2n) is 10.0. The molecular formula is C32H49ClO16. The van der Waals surface area contributed by atoms with Gasteiger partial charge in [-0.25, -0.2) is 19.2 Å². The van der Waals surface area contributed by atoms with Crippen LogP contribution in [-0.4, -0.2) is 128 Å². The van der Waals surface area contributed by atoms with Crippen molar-refractivity contribution in [2.45, 2.75) is 53.1 Å². The van der Waals surface area contributed by atoms with Crippen molar-refractivity contribution >= 4 is 47.0 Å². The first kappa shape index (κ1) is 49.6. The predicted octanol–water partition coefficient (Wildman–Crippen LogP) is 1.27. The van der Waals surface area contributed by atoms with E-state index in [2.05, 4.69) is 35.8 Å². The Balaban J connectivity index is -0.000000669. The maximum atomic E-state index is 11.3. The molecule has 0 spiro atoms. The zero-order chi connectivity index (χ0) is 38.8. The molecule has 0 radical (unpaired) electrons. The summed E-state index contributed by atoms with van der Waals surface area (Å²) in [6.45, 7) is 20.4. The molecule has 1 aliphatic rings. The first-order valence-electron chi connectivity index (χ1n) is 14.4. The minimum Gasteiger partial charge on any atom is -0.457 e. The van der Waals surface area contributed by atoms with Crippen LogP contribution < -0.4 is 0 Å². The maximum absolute atomic E-state index is 11.3. The molecule has 1 heterocycles. The van der Waals surface area contributed by atoms with Crippen molar-refractivity contribution in [3.8, 4) is 0 Å². The Morgan fingerprint density at radius 3 is 1.20 bits per heavy atom. The summed E-state index contributed by atoms with van der Waals surface area (Å²) in [4.78, 5) is 65.2. The van der Waals surface area contributed by atoms with Gasteiger partial charge in [0.1, 0.15) is 39.6 Å². The van der Waals surface area contributed by atoms with Gasteiger partial charge in [-0.15, -0.1) is 11.6 Å². The topological polar surface area (TPSA) is 228 Å². The summed E-state index contributed by atoms with van der Waals surface area (Å²) in [5.74, 6) is -6.39. The minimum absolute atomic E-state index is 0.0139. The number of carbonyl (C=O) groups is 6. The Hall–Kier alpha value is -3.77. The highest BCUT2D eigenvalue weighted by molar-refractivity contribution is 6.17. The van der Waals surface area contributed by atoms with Gasteiger partial charge in [0.15, 0.2) is 24.8 Å². The molecule has 0 aliphatic carbocycles. The molecule has 1 saturated heterocycles. The van der Waals surface area contributed by atoms with E-state index in [1.807, 2.05) is 6.92 Å². The van der Waals surface area contributed by atoms with Crippen molar-refractivity contribution in [1.82, 2.24) is 0 Å². The summed E-state index contributed by atoms with van der Waals surface area (Å²) in [7, 11) is 0. The standard InChI is InChI=1S/C14H20O8.C9H14O4.C7H10O4.C2H5Cl/c1-9(2)11(15)19-5-13(17)7-22-14(18,8-21-13)6-20-12(16)10(3)4;1-4-12-5-8(10)6-13-9(11)7(2)3;1-5(2)7(10)11-4-6(9)3-8;1-2-3/h17-18H,1,3,5-8H2,2,4H3;2,4-6H2,1,3H3;8H,1,3-4H2,2H3;2H2,1H3. The lowest BCUT2D eigenvalue weighted by Crippen LogP contribution is -2.57. The molecule has 280 valence electrons. The molecule has 16 nitrogen and oxygen atoms in total. The Morgan fingerprint density at radius 1 is 0.633 bits per heavy atom. The van der Waals surface area contributed by atoms with Crippen LogP contribution in [0.3, 0.4) is 0 Å². The molecule has 1 aliphatic heterocycles. The molecule has 0 aromatic heterocycles. The number of aliphatic hydroxyl groups excluding tert-OH is 1. The smallest absolute Gasteiger partial charge is 0.333 e. The average Bonchev–Trinajstić information content (AvgIpc) is 3.05. The lowest BCUT2D eigenvalue weighted by Gasteiger charge is -2.39. The third-order valence-electron chi connectivity index (χ3n) is 4.76. The van der Waals surface area contributed by atoms with Crippen LogP contribution in [-0.2, 0) is 61.9 Å². The number of ketones is 2. The normalized spacial score (nSPS) is 17.3. The van der Waals surface area contributed by atoms with Crippen molar-refractivity contribution < 1.29 is 77.2 Å². The summed E-state index contributed by atoms with van der Waals surface area (Å²) in [6.07, 6.45) is 0. The third kappa shape index (κ3) is 26.8. The Labute approximate surface area is 291 Å². The molecule has 0 saturated carbocycles. The van der Waals surface area contributed by atoms with Gasteiger partial charge in [0.05, 0.1) is 0 Å². The molecule has 2 unspecified atom stereocenters. The first-order valence-corrected chi connectivity index (χ1v) is 15.0. The molecule has 0 aromatic carbocycles. The fourth-order valence-corrected chi connectivity index (χ4v) is 2.19. The Morgan fingerprint density at radius 2 is 0.939 bits per heavy atom. The molecule has 0 amide bonds. The minimum atomic E-state index is -1.89. The average molecular weight is 725 g/mol. The highest BCUT2D eigenvalue weighted by Gasteiger charge is 2.44. The Bertz CT molecular complexity index is 1110. The summed E-state index contributed by atoms with van der Waals surface area (Å²) >= 11 is 5.00.